The summed E-state index contributed by atoms with van der Waals surface area (Å²) < 4.78 is 83.2. The fourth-order valence-corrected chi connectivity index (χ4v) is 5.32. The van der Waals surface area contributed by atoms with Crippen molar-refractivity contribution >= 4 is 54.5 Å². The molecule has 0 amide bonds. The van der Waals surface area contributed by atoms with E-state index in [1.807, 2.05) is 30.3 Å². The zero-order valence-electron chi connectivity index (χ0n) is 26.7. The molecule has 36 heavy (non-hydrogen) atoms. The number of para-hydroxylation sites is 1. The van der Waals surface area contributed by atoms with Crippen LogP contribution in [-0.2, 0) is 0 Å². The van der Waals surface area contributed by atoms with Gasteiger partial charge in [-0.25, -0.2) is 0 Å². The first-order chi connectivity index (χ1) is 21.2. The van der Waals surface area contributed by atoms with Gasteiger partial charge in [0.05, 0.1) is 22.6 Å². The standard InChI is InChI=1S/C34H20O2/c1-2-10-21(11-3-1)31-22-12-4-6-14-24(22)32(25-15-7-5-13-23(25)31)28-20-30-33(34-26(28)18-19-35-34)27-16-8-9-17-29(27)36-30/h1-20H/i4D,5D,6D,7D,12D,13D,14D,15D. The van der Waals surface area contributed by atoms with Gasteiger partial charge in [-0.3, -0.25) is 0 Å². The zero-order valence-corrected chi connectivity index (χ0v) is 18.7. The highest BCUT2D eigenvalue weighted by Gasteiger charge is 2.21. The van der Waals surface area contributed by atoms with Crippen molar-refractivity contribution < 1.29 is 19.8 Å². The monoisotopic (exact) mass is 468 g/mol. The predicted molar refractivity (Wildman–Crippen MR) is 149 cm³/mol. The number of fused-ring (bicyclic) bond motifs is 7. The highest BCUT2D eigenvalue weighted by Crippen LogP contribution is 2.47. The Morgan fingerprint density at radius 3 is 1.92 bits per heavy atom. The number of benzene rings is 6. The molecule has 6 aromatic carbocycles. The fourth-order valence-electron chi connectivity index (χ4n) is 5.32. The van der Waals surface area contributed by atoms with Crippen molar-refractivity contribution in [3.8, 4) is 22.3 Å². The second-order valence-corrected chi connectivity index (χ2v) is 8.67. The van der Waals surface area contributed by atoms with Crippen LogP contribution in [-0.4, -0.2) is 0 Å². The molecule has 2 aromatic heterocycles. The molecule has 8 aromatic rings. The molecule has 0 bridgehead atoms. The number of hydrogen-bond donors (Lipinski definition) is 0. The van der Waals surface area contributed by atoms with Crippen molar-refractivity contribution in [2.75, 3.05) is 0 Å². The molecule has 0 spiro atoms. The SMILES string of the molecule is [2H]c1c([2H])c([2H])c2c(-c3cc4oc5ccccc5c4c4occc34)c3c([2H])c([2H])c([2H])c([2H])c3c(-c3ccccc3)c2c1[2H]. The van der Waals surface area contributed by atoms with Crippen LogP contribution >= 0.6 is 0 Å². The average Bonchev–Trinajstić information content (AvgIpc) is 3.68. The quantitative estimate of drug-likeness (QED) is 0.236. The molecule has 0 fully saturated rings. The molecule has 2 nitrogen and oxygen atoms in total. The Morgan fingerprint density at radius 2 is 1.19 bits per heavy atom. The molecule has 0 aliphatic heterocycles. The van der Waals surface area contributed by atoms with Crippen molar-refractivity contribution in [1.29, 1.82) is 0 Å². The molecule has 0 N–H and O–H groups in total. The van der Waals surface area contributed by atoms with Crippen molar-refractivity contribution in [2.45, 2.75) is 0 Å². The molecule has 8 rings (SSSR count). The Morgan fingerprint density at radius 1 is 0.556 bits per heavy atom. The molecule has 0 saturated heterocycles. The Kier molecular flexibility index (Phi) is 2.71. The molecule has 0 unspecified atom stereocenters. The maximum absolute atomic E-state index is 9.16. The molecule has 0 aliphatic carbocycles. The van der Waals surface area contributed by atoms with Gasteiger partial charge in [0.1, 0.15) is 16.7 Å². The molecule has 0 atom stereocenters. The highest BCUT2D eigenvalue weighted by molar-refractivity contribution is 6.27. The van der Waals surface area contributed by atoms with E-state index in [9.17, 15) is 0 Å². The predicted octanol–water partition coefficient (Wildman–Crippen LogP) is 9.97. The number of hydrogen-bond acceptors (Lipinski definition) is 2. The van der Waals surface area contributed by atoms with Crippen LogP contribution in [0.15, 0.2) is 130 Å². The Hall–Kier alpha value is -4.82. The van der Waals surface area contributed by atoms with E-state index in [1.165, 1.54) is 6.26 Å². The third-order valence-electron chi connectivity index (χ3n) is 6.79. The molecule has 0 saturated carbocycles. The van der Waals surface area contributed by atoms with E-state index in [0.717, 1.165) is 10.8 Å². The Labute approximate surface area is 218 Å². The van der Waals surface area contributed by atoms with Crippen LogP contribution in [0.3, 0.4) is 0 Å². The summed E-state index contributed by atoms with van der Waals surface area (Å²) in [5.74, 6) is 0. The van der Waals surface area contributed by atoms with Crippen LogP contribution in [0.1, 0.15) is 11.0 Å². The Balaban J connectivity index is 1.73. The lowest BCUT2D eigenvalue weighted by molar-refractivity contribution is 0.618. The largest absolute Gasteiger partial charge is 0.464 e. The van der Waals surface area contributed by atoms with Crippen molar-refractivity contribution in [3.05, 3.63) is 121 Å². The summed E-state index contributed by atoms with van der Waals surface area (Å²) in [6, 6.07) is 17.0. The van der Waals surface area contributed by atoms with E-state index in [-0.39, 0.29) is 51.3 Å². The first kappa shape index (κ1) is 13.3. The molecule has 2 heteroatoms. The first-order valence-electron chi connectivity index (χ1n) is 15.5. The average molecular weight is 469 g/mol. The first-order valence-corrected chi connectivity index (χ1v) is 11.5. The number of rotatable bonds is 2. The van der Waals surface area contributed by atoms with E-state index < -0.39 is 24.2 Å². The van der Waals surface area contributed by atoms with E-state index in [1.54, 1.807) is 36.4 Å². The minimum Gasteiger partial charge on any atom is -0.464 e. The zero-order chi connectivity index (χ0) is 30.6. The second-order valence-electron chi connectivity index (χ2n) is 8.67. The fraction of sp³-hybridized carbons (Fsp3) is 0. The van der Waals surface area contributed by atoms with E-state index in [2.05, 4.69) is 0 Å². The van der Waals surface area contributed by atoms with Gasteiger partial charge in [0.25, 0.3) is 0 Å². The van der Waals surface area contributed by atoms with Gasteiger partial charge >= 0.3 is 0 Å². The normalized spacial score (nSPS) is 15.0. The molecule has 2 heterocycles. The molecular weight excluding hydrogens is 440 g/mol. The summed E-state index contributed by atoms with van der Waals surface area (Å²) in [6.45, 7) is 0. The molecule has 0 aliphatic rings. The van der Waals surface area contributed by atoms with Gasteiger partial charge < -0.3 is 8.83 Å². The molecule has 168 valence electrons. The van der Waals surface area contributed by atoms with E-state index in [0.29, 0.717) is 38.8 Å². The number of furan rings is 2. The van der Waals surface area contributed by atoms with Gasteiger partial charge in [-0.1, -0.05) is 96.9 Å². The summed E-state index contributed by atoms with van der Waals surface area (Å²) in [5.41, 5.74) is 3.19. The topological polar surface area (TPSA) is 26.3 Å². The highest BCUT2D eigenvalue weighted by atomic mass is 16.3. The van der Waals surface area contributed by atoms with Crippen LogP contribution in [0.5, 0.6) is 0 Å². The maximum Gasteiger partial charge on any atom is 0.146 e. The summed E-state index contributed by atoms with van der Waals surface area (Å²) in [7, 11) is 0. The lowest BCUT2D eigenvalue weighted by Crippen LogP contribution is -1.91. The minimum absolute atomic E-state index is 0.144. The van der Waals surface area contributed by atoms with Crippen LogP contribution in [0.4, 0.5) is 0 Å². The van der Waals surface area contributed by atoms with Gasteiger partial charge in [0, 0.05) is 10.8 Å². The smallest absolute Gasteiger partial charge is 0.146 e. The van der Waals surface area contributed by atoms with Gasteiger partial charge in [0.15, 0.2) is 0 Å². The van der Waals surface area contributed by atoms with Crippen molar-refractivity contribution in [2.24, 2.45) is 0 Å². The van der Waals surface area contributed by atoms with Crippen molar-refractivity contribution in [1.82, 2.24) is 0 Å². The van der Waals surface area contributed by atoms with Crippen LogP contribution in [0, 0.1) is 0 Å². The molecule has 0 radical (unpaired) electrons. The summed E-state index contributed by atoms with van der Waals surface area (Å²) >= 11 is 0. The third-order valence-corrected chi connectivity index (χ3v) is 6.79. The van der Waals surface area contributed by atoms with Crippen LogP contribution in [0.2, 0.25) is 0 Å². The Bertz CT molecular complexity index is 2450. The summed E-state index contributed by atoms with van der Waals surface area (Å²) in [4.78, 5) is 0. The summed E-state index contributed by atoms with van der Waals surface area (Å²) in [6.07, 6.45) is 1.53. The van der Waals surface area contributed by atoms with E-state index in [4.69, 9.17) is 19.8 Å². The van der Waals surface area contributed by atoms with Gasteiger partial charge in [-0.05, 0) is 62.0 Å². The minimum atomic E-state index is -0.448. The lowest BCUT2D eigenvalue weighted by Gasteiger charge is -2.18. The lowest BCUT2D eigenvalue weighted by atomic mass is 9.85. The van der Waals surface area contributed by atoms with Crippen LogP contribution in [0.25, 0.3) is 76.7 Å². The van der Waals surface area contributed by atoms with Gasteiger partial charge in [0.2, 0.25) is 0 Å². The van der Waals surface area contributed by atoms with Crippen LogP contribution < -0.4 is 0 Å². The summed E-state index contributed by atoms with van der Waals surface area (Å²) in [5, 5.41) is 2.80. The second kappa shape index (κ2) is 7.34. The maximum atomic E-state index is 9.16. The molecular formula is C34H20O2. The van der Waals surface area contributed by atoms with Gasteiger partial charge in [-0.15, -0.1) is 0 Å². The van der Waals surface area contributed by atoms with Crippen molar-refractivity contribution in [3.63, 3.8) is 0 Å². The van der Waals surface area contributed by atoms with E-state index >= 15 is 0 Å². The van der Waals surface area contributed by atoms with Gasteiger partial charge in [-0.2, -0.15) is 0 Å². The third kappa shape index (κ3) is 2.61.